The van der Waals surface area contributed by atoms with Gasteiger partial charge in [0.15, 0.2) is 5.82 Å². The minimum atomic E-state index is 0.189. The third-order valence-corrected chi connectivity index (χ3v) is 4.00. The second-order valence-electron chi connectivity index (χ2n) is 5.39. The van der Waals surface area contributed by atoms with Crippen LogP contribution in [0.2, 0.25) is 0 Å². The molecule has 1 fully saturated rings. The Labute approximate surface area is 124 Å². The summed E-state index contributed by atoms with van der Waals surface area (Å²) in [5, 5.41) is 7.46. The SMILES string of the molecule is CNC(Cc1nc(C2CCOCC2)no1)c1ccccc1. The number of benzene rings is 1. The molecule has 5 heteroatoms. The largest absolute Gasteiger partial charge is 0.381 e. The quantitative estimate of drug-likeness (QED) is 0.915. The zero-order valence-electron chi connectivity index (χ0n) is 12.3. The van der Waals surface area contributed by atoms with Crippen LogP contribution >= 0.6 is 0 Å². The fraction of sp³-hybridized carbons (Fsp3) is 0.500. The summed E-state index contributed by atoms with van der Waals surface area (Å²) in [5.74, 6) is 1.90. The van der Waals surface area contributed by atoms with Gasteiger partial charge in [0.25, 0.3) is 0 Å². The fourth-order valence-corrected chi connectivity index (χ4v) is 2.72. The van der Waals surface area contributed by atoms with Gasteiger partial charge >= 0.3 is 0 Å². The maximum atomic E-state index is 5.43. The Morgan fingerprint density at radius 3 is 2.71 bits per heavy atom. The van der Waals surface area contributed by atoms with Crippen molar-refractivity contribution in [1.29, 1.82) is 0 Å². The predicted molar refractivity (Wildman–Crippen MR) is 79.0 cm³/mol. The van der Waals surface area contributed by atoms with Gasteiger partial charge in [0.2, 0.25) is 5.89 Å². The van der Waals surface area contributed by atoms with E-state index in [4.69, 9.17) is 9.26 Å². The van der Waals surface area contributed by atoms with Crippen molar-refractivity contribution in [3.63, 3.8) is 0 Å². The van der Waals surface area contributed by atoms with E-state index >= 15 is 0 Å². The van der Waals surface area contributed by atoms with Crippen molar-refractivity contribution in [3.8, 4) is 0 Å². The lowest BCUT2D eigenvalue weighted by Gasteiger charge is -2.18. The maximum absolute atomic E-state index is 5.43. The van der Waals surface area contributed by atoms with Gasteiger partial charge in [0.1, 0.15) is 0 Å². The average molecular weight is 287 g/mol. The Hall–Kier alpha value is -1.72. The summed E-state index contributed by atoms with van der Waals surface area (Å²) < 4.78 is 10.8. The monoisotopic (exact) mass is 287 g/mol. The highest BCUT2D eigenvalue weighted by Crippen LogP contribution is 2.25. The molecule has 1 atom stereocenters. The molecule has 21 heavy (non-hydrogen) atoms. The highest BCUT2D eigenvalue weighted by molar-refractivity contribution is 5.19. The molecule has 0 spiro atoms. The predicted octanol–water partition coefficient (Wildman–Crippen LogP) is 2.47. The van der Waals surface area contributed by atoms with Crippen LogP contribution in [-0.2, 0) is 11.2 Å². The minimum absolute atomic E-state index is 0.189. The fourth-order valence-electron chi connectivity index (χ4n) is 2.72. The molecular formula is C16H21N3O2. The highest BCUT2D eigenvalue weighted by Gasteiger charge is 2.22. The van der Waals surface area contributed by atoms with Gasteiger partial charge < -0.3 is 14.6 Å². The summed E-state index contributed by atoms with van der Waals surface area (Å²) in [7, 11) is 1.95. The Morgan fingerprint density at radius 2 is 2.00 bits per heavy atom. The Morgan fingerprint density at radius 1 is 1.24 bits per heavy atom. The molecule has 2 aromatic rings. The van der Waals surface area contributed by atoms with Crippen molar-refractivity contribution in [2.24, 2.45) is 0 Å². The summed E-state index contributed by atoms with van der Waals surface area (Å²) in [4.78, 5) is 4.57. The first kappa shape index (κ1) is 14.2. The third kappa shape index (κ3) is 3.49. The molecule has 112 valence electrons. The second-order valence-corrected chi connectivity index (χ2v) is 5.39. The number of hydrogen-bond acceptors (Lipinski definition) is 5. The first-order valence-electron chi connectivity index (χ1n) is 7.49. The number of aromatic nitrogens is 2. The van der Waals surface area contributed by atoms with Crippen molar-refractivity contribution in [2.45, 2.75) is 31.2 Å². The van der Waals surface area contributed by atoms with Crippen LogP contribution < -0.4 is 5.32 Å². The Balaban J connectivity index is 1.68. The summed E-state index contributed by atoms with van der Waals surface area (Å²) in [6.07, 6.45) is 2.66. The molecule has 0 saturated carbocycles. The summed E-state index contributed by atoms with van der Waals surface area (Å²) >= 11 is 0. The number of nitrogens with one attached hydrogen (secondary N) is 1. The van der Waals surface area contributed by atoms with E-state index in [0.29, 0.717) is 18.2 Å². The average Bonchev–Trinajstić information content (AvgIpc) is 3.03. The van der Waals surface area contributed by atoms with Gasteiger partial charge in [-0.15, -0.1) is 0 Å². The van der Waals surface area contributed by atoms with Crippen LogP contribution in [0.3, 0.4) is 0 Å². The van der Waals surface area contributed by atoms with E-state index in [1.54, 1.807) is 0 Å². The number of hydrogen-bond donors (Lipinski definition) is 1. The van der Waals surface area contributed by atoms with Crippen LogP contribution in [0.4, 0.5) is 0 Å². The summed E-state index contributed by atoms with van der Waals surface area (Å²) in [6, 6.07) is 10.5. The van der Waals surface area contributed by atoms with Gasteiger partial charge in [-0.2, -0.15) is 4.98 Å². The summed E-state index contributed by atoms with van der Waals surface area (Å²) in [6.45, 7) is 1.58. The summed E-state index contributed by atoms with van der Waals surface area (Å²) in [5.41, 5.74) is 1.23. The van der Waals surface area contributed by atoms with E-state index in [1.165, 1.54) is 5.56 Å². The lowest BCUT2D eigenvalue weighted by atomic mass is 10.00. The van der Waals surface area contributed by atoms with Gasteiger partial charge in [-0.3, -0.25) is 0 Å². The van der Waals surface area contributed by atoms with Crippen LogP contribution in [0.5, 0.6) is 0 Å². The van der Waals surface area contributed by atoms with Crippen molar-refractivity contribution >= 4 is 0 Å². The van der Waals surface area contributed by atoms with Gasteiger partial charge in [0, 0.05) is 31.6 Å². The number of rotatable bonds is 5. The van der Waals surface area contributed by atoms with Gasteiger partial charge in [0.05, 0.1) is 0 Å². The lowest BCUT2D eigenvalue weighted by molar-refractivity contribution is 0.0830. The molecule has 1 unspecified atom stereocenters. The van der Waals surface area contributed by atoms with Gasteiger partial charge in [-0.25, -0.2) is 0 Å². The van der Waals surface area contributed by atoms with Crippen molar-refractivity contribution in [2.75, 3.05) is 20.3 Å². The van der Waals surface area contributed by atoms with Crippen molar-refractivity contribution in [3.05, 3.63) is 47.6 Å². The topological polar surface area (TPSA) is 60.2 Å². The van der Waals surface area contributed by atoms with E-state index in [9.17, 15) is 0 Å². The van der Waals surface area contributed by atoms with E-state index < -0.39 is 0 Å². The zero-order valence-corrected chi connectivity index (χ0v) is 12.3. The van der Waals surface area contributed by atoms with Crippen LogP contribution in [0.1, 0.15) is 42.1 Å². The Bertz CT molecular complexity index is 550. The molecule has 0 bridgehead atoms. The van der Waals surface area contributed by atoms with E-state index in [-0.39, 0.29) is 6.04 Å². The lowest BCUT2D eigenvalue weighted by Crippen LogP contribution is -2.19. The van der Waals surface area contributed by atoms with E-state index in [0.717, 1.165) is 31.9 Å². The molecule has 1 aliphatic heterocycles. The molecule has 0 amide bonds. The molecule has 0 aliphatic carbocycles. The number of likely N-dealkylation sites (N-methyl/N-ethyl adjacent to an activating group) is 1. The molecule has 3 rings (SSSR count). The first-order chi connectivity index (χ1) is 10.4. The van der Waals surface area contributed by atoms with Crippen LogP contribution in [-0.4, -0.2) is 30.4 Å². The molecule has 1 aromatic carbocycles. The molecule has 1 aromatic heterocycles. The second kappa shape index (κ2) is 6.83. The standard InChI is InChI=1S/C16H21N3O2/c1-17-14(12-5-3-2-4-6-12)11-15-18-16(19-21-15)13-7-9-20-10-8-13/h2-6,13-14,17H,7-11H2,1H3. The van der Waals surface area contributed by atoms with Gasteiger partial charge in [-0.05, 0) is 25.5 Å². The first-order valence-corrected chi connectivity index (χ1v) is 7.49. The number of ether oxygens (including phenoxy) is 1. The smallest absolute Gasteiger partial charge is 0.228 e. The molecule has 1 N–H and O–H groups in total. The van der Waals surface area contributed by atoms with E-state index in [1.807, 2.05) is 25.2 Å². The molecular weight excluding hydrogens is 266 g/mol. The zero-order chi connectivity index (χ0) is 14.5. The van der Waals surface area contributed by atoms with E-state index in [2.05, 4.69) is 27.6 Å². The molecule has 1 saturated heterocycles. The van der Waals surface area contributed by atoms with Gasteiger partial charge in [-0.1, -0.05) is 35.5 Å². The third-order valence-electron chi connectivity index (χ3n) is 4.00. The molecule has 2 heterocycles. The number of nitrogens with zero attached hydrogens (tertiary/aromatic N) is 2. The van der Waals surface area contributed by atoms with Crippen LogP contribution in [0.25, 0.3) is 0 Å². The van der Waals surface area contributed by atoms with Crippen molar-refractivity contribution in [1.82, 2.24) is 15.5 Å². The maximum Gasteiger partial charge on any atom is 0.228 e. The van der Waals surface area contributed by atoms with Crippen molar-refractivity contribution < 1.29 is 9.26 Å². The minimum Gasteiger partial charge on any atom is -0.381 e. The Kier molecular flexibility index (Phi) is 4.62. The highest BCUT2D eigenvalue weighted by atomic mass is 16.5. The molecule has 0 radical (unpaired) electrons. The van der Waals surface area contributed by atoms with Crippen LogP contribution in [0.15, 0.2) is 34.9 Å². The molecule has 1 aliphatic rings. The molecule has 5 nitrogen and oxygen atoms in total. The van der Waals surface area contributed by atoms with Crippen LogP contribution in [0, 0.1) is 0 Å². The normalized spacial score (nSPS) is 17.8.